The Kier molecular flexibility index (Phi) is 9.86. The minimum absolute atomic E-state index is 0.110. The van der Waals surface area contributed by atoms with Crippen LogP contribution in [-0.4, -0.2) is 32.4 Å². The molecule has 0 radical (unpaired) electrons. The molecule has 17 heteroatoms. The largest absolute Gasteiger partial charge is 0.339 e. The van der Waals surface area contributed by atoms with Gasteiger partial charge in [0.15, 0.2) is 10.3 Å². The van der Waals surface area contributed by atoms with Crippen molar-refractivity contribution in [3.63, 3.8) is 0 Å². The molecule has 0 unspecified atom stereocenters. The molecular weight excluding hydrogens is 593 g/mol. The van der Waals surface area contributed by atoms with E-state index in [1.54, 1.807) is 12.5 Å². The van der Waals surface area contributed by atoms with Crippen LogP contribution in [0.2, 0.25) is 5.15 Å². The SMILES string of the molecule is CSc1nc(Cl)c2c(n1)C(F)(F)CC2.CSc1nc2c(c(=O)[nH]1)CCC2(F)F.O=P(Cl)(Cl)Cl. The van der Waals surface area contributed by atoms with E-state index in [2.05, 4.69) is 53.7 Å². The molecule has 2 heterocycles. The quantitative estimate of drug-likeness (QED) is 0.127. The monoisotopic (exact) mass is 606 g/mol. The van der Waals surface area contributed by atoms with Crippen molar-refractivity contribution in [3.05, 3.63) is 38.0 Å². The molecule has 0 saturated carbocycles. The average molecular weight is 608 g/mol. The molecule has 33 heavy (non-hydrogen) atoms. The predicted octanol–water partition coefficient (Wildman–Crippen LogP) is 7.23. The Balaban J connectivity index is 0.000000195. The van der Waals surface area contributed by atoms with Gasteiger partial charge in [-0.25, -0.2) is 15.0 Å². The van der Waals surface area contributed by atoms with Crippen LogP contribution in [0.4, 0.5) is 17.6 Å². The Labute approximate surface area is 213 Å². The molecule has 4 rings (SSSR count). The third-order valence-corrected chi connectivity index (χ3v) is 5.82. The standard InChI is InChI=1S/C8H7ClF2N2S.C8H8F2N2OS.Cl3OP/c1-14-7-12-5-4(6(9)13-7)2-3-8(5,10)11;1-14-7-11-5-4(6(13)12-7)2-3-8(5,9)10;1-5(2,3)4/h2-3H2,1H3;2-3H2,1H3,(H,11,12,13);. The van der Waals surface area contributed by atoms with Crippen molar-refractivity contribution in [2.75, 3.05) is 12.5 Å². The maximum atomic E-state index is 13.3. The van der Waals surface area contributed by atoms with Gasteiger partial charge in [-0.3, -0.25) is 9.36 Å². The van der Waals surface area contributed by atoms with E-state index in [0.29, 0.717) is 10.7 Å². The van der Waals surface area contributed by atoms with E-state index in [1.807, 2.05) is 0 Å². The zero-order valence-corrected chi connectivity index (χ0v) is 22.3. The highest BCUT2D eigenvalue weighted by Crippen LogP contribution is 2.61. The first-order chi connectivity index (χ1) is 15.1. The second-order valence-electron chi connectivity index (χ2n) is 6.54. The maximum absolute atomic E-state index is 13.3. The Hall–Kier alpha value is -0.230. The summed E-state index contributed by atoms with van der Waals surface area (Å²) in [6.45, 7) is 0. The molecule has 0 aromatic carbocycles. The molecule has 184 valence electrons. The van der Waals surface area contributed by atoms with Crippen LogP contribution < -0.4 is 5.56 Å². The van der Waals surface area contributed by atoms with Gasteiger partial charge in [0.1, 0.15) is 16.5 Å². The fourth-order valence-corrected chi connectivity index (χ4v) is 4.02. The van der Waals surface area contributed by atoms with E-state index in [9.17, 15) is 26.9 Å². The number of aromatic amines is 1. The number of alkyl halides is 4. The van der Waals surface area contributed by atoms with Crippen LogP contribution in [0.3, 0.4) is 0 Å². The van der Waals surface area contributed by atoms with Crippen LogP contribution in [0, 0.1) is 0 Å². The Morgan fingerprint density at radius 1 is 0.909 bits per heavy atom. The predicted molar refractivity (Wildman–Crippen MR) is 125 cm³/mol. The molecule has 0 aliphatic heterocycles. The summed E-state index contributed by atoms with van der Waals surface area (Å²) in [6, 6.07) is 0. The van der Waals surface area contributed by atoms with Crippen molar-refractivity contribution >= 4 is 74.0 Å². The van der Waals surface area contributed by atoms with Gasteiger partial charge < -0.3 is 4.98 Å². The average Bonchev–Trinajstić information content (AvgIpc) is 3.17. The van der Waals surface area contributed by atoms with Gasteiger partial charge in [-0.2, -0.15) is 17.6 Å². The summed E-state index contributed by atoms with van der Waals surface area (Å²) in [5.74, 6) is -5.78. The zero-order chi connectivity index (χ0) is 25.2. The lowest BCUT2D eigenvalue weighted by molar-refractivity contribution is -0.00707. The molecule has 2 aliphatic rings. The first-order valence-corrected chi connectivity index (χ1v) is 16.1. The fourth-order valence-electron chi connectivity index (χ4n) is 2.96. The van der Waals surface area contributed by atoms with Crippen LogP contribution in [-0.2, 0) is 29.3 Å². The van der Waals surface area contributed by atoms with E-state index >= 15 is 0 Å². The number of hydrogen-bond donors (Lipinski definition) is 1. The number of nitrogens with one attached hydrogen (secondary N) is 1. The summed E-state index contributed by atoms with van der Waals surface area (Å²) in [5.41, 5.74) is -0.439. The van der Waals surface area contributed by atoms with Gasteiger partial charge in [0, 0.05) is 24.0 Å². The van der Waals surface area contributed by atoms with Gasteiger partial charge in [0.2, 0.25) is 0 Å². The number of aromatic nitrogens is 4. The molecular formula is C16H15Cl4F4N4O2PS2. The zero-order valence-electron chi connectivity index (χ0n) is 16.8. The van der Waals surface area contributed by atoms with Gasteiger partial charge in [0.05, 0.1) is 0 Å². The lowest BCUT2D eigenvalue weighted by Gasteiger charge is -2.09. The number of H-pyrrole nitrogens is 1. The molecule has 0 atom stereocenters. The van der Waals surface area contributed by atoms with E-state index in [-0.39, 0.29) is 52.9 Å². The second kappa shape index (κ2) is 11.2. The molecule has 2 aliphatic carbocycles. The van der Waals surface area contributed by atoms with Gasteiger partial charge in [-0.1, -0.05) is 35.1 Å². The van der Waals surface area contributed by atoms with Crippen LogP contribution in [0.25, 0.3) is 0 Å². The molecule has 6 nitrogen and oxygen atoms in total. The normalized spacial score (nSPS) is 17.3. The summed E-state index contributed by atoms with van der Waals surface area (Å²) >= 11 is 22.0. The number of rotatable bonds is 2. The first kappa shape index (κ1) is 29.0. The molecule has 0 saturated heterocycles. The lowest BCUT2D eigenvalue weighted by atomic mass is 10.2. The van der Waals surface area contributed by atoms with Crippen LogP contribution >= 0.6 is 74.0 Å². The van der Waals surface area contributed by atoms with Crippen molar-refractivity contribution in [1.82, 2.24) is 19.9 Å². The van der Waals surface area contributed by atoms with Gasteiger partial charge in [0.25, 0.3) is 17.4 Å². The molecule has 0 amide bonds. The second-order valence-corrected chi connectivity index (χ2v) is 15.1. The van der Waals surface area contributed by atoms with Crippen molar-refractivity contribution in [3.8, 4) is 0 Å². The van der Waals surface area contributed by atoms with Gasteiger partial charge in [-0.05, 0) is 59.1 Å². The Morgan fingerprint density at radius 2 is 1.39 bits per heavy atom. The molecule has 2 aromatic rings. The van der Waals surface area contributed by atoms with Gasteiger partial charge >= 0.3 is 5.20 Å². The summed E-state index contributed by atoms with van der Waals surface area (Å²) in [4.78, 5) is 25.3. The Bertz CT molecular complexity index is 1130. The smallest absolute Gasteiger partial charge is 0.301 e. The van der Waals surface area contributed by atoms with Crippen molar-refractivity contribution in [2.45, 2.75) is 47.8 Å². The van der Waals surface area contributed by atoms with Crippen molar-refractivity contribution < 1.29 is 22.1 Å². The number of thioether (sulfide) groups is 2. The van der Waals surface area contributed by atoms with Crippen LogP contribution in [0.1, 0.15) is 35.4 Å². The summed E-state index contributed by atoms with van der Waals surface area (Å²) < 4.78 is 62.5. The lowest BCUT2D eigenvalue weighted by Crippen LogP contribution is -2.18. The van der Waals surface area contributed by atoms with Crippen molar-refractivity contribution in [1.29, 1.82) is 0 Å². The van der Waals surface area contributed by atoms with Crippen LogP contribution in [0.5, 0.6) is 0 Å². The number of fused-ring (bicyclic) bond motifs is 2. The maximum Gasteiger partial charge on any atom is 0.339 e. The van der Waals surface area contributed by atoms with E-state index in [1.165, 1.54) is 11.8 Å². The summed E-state index contributed by atoms with van der Waals surface area (Å²) in [5, 5.41) is -2.51. The molecule has 0 spiro atoms. The fraction of sp³-hybridized carbons (Fsp3) is 0.500. The third-order valence-electron chi connectivity index (χ3n) is 4.38. The molecule has 1 N–H and O–H groups in total. The summed E-state index contributed by atoms with van der Waals surface area (Å²) in [7, 11) is 0. The number of halogens is 8. The first-order valence-electron chi connectivity index (χ1n) is 8.82. The minimum Gasteiger partial charge on any atom is -0.301 e. The van der Waals surface area contributed by atoms with E-state index < -0.39 is 22.6 Å². The third kappa shape index (κ3) is 7.88. The highest BCUT2D eigenvalue weighted by molar-refractivity contribution is 8.24. The number of hydrogen-bond acceptors (Lipinski definition) is 7. The van der Waals surface area contributed by atoms with Gasteiger partial charge in [-0.15, -0.1) is 0 Å². The number of nitrogens with zero attached hydrogens (tertiary/aromatic N) is 3. The molecule has 2 aromatic heterocycles. The highest BCUT2D eigenvalue weighted by atomic mass is 36.0. The van der Waals surface area contributed by atoms with Crippen LogP contribution in [0.15, 0.2) is 15.1 Å². The highest BCUT2D eigenvalue weighted by Gasteiger charge is 2.43. The molecule has 0 fully saturated rings. The summed E-state index contributed by atoms with van der Waals surface area (Å²) in [6.07, 6.45) is 3.25. The minimum atomic E-state index is -3.22. The molecule has 0 bridgehead atoms. The van der Waals surface area contributed by atoms with E-state index in [0.717, 1.165) is 11.8 Å². The van der Waals surface area contributed by atoms with Crippen molar-refractivity contribution in [2.24, 2.45) is 0 Å². The van der Waals surface area contributed by atoms with E-state index in [4.69, 9.17) is 11.6 Å². The topological polar surface area (TPSA) is 88.6 Å². The Morgan fingerprint density at radius 3 is 1.88 bits per heavy atom.